The number of methoxy groups -OCH3 is 4. The van der Waals surface area contributed by atoms with Gasteiger partial charge in [-0.2, -0.15) is 0 Å². The molecule has 1 heterocycles. The Hall–Kier alpha value is -3.21. The minimum Gasteiger partial charge on any atom is -0.467 e. The van der Waals surface area contributed by atoms with Crippen molar-refractivity contribution < 1.29 is 70.7 Å². The zero-order valence-corrected chi connectivity index (χ0v) is 42.8. The Morgan fingerprint density at radius 1 is 0.631 bits per heavy atom. The summed E-state index contributed by atoms with van der Waals surface area (Å²) >= 11 is 0. The summed E-state index contributed by atoms with van der Waals surface area (Å²) in [6, 6.07) is 9.49. The lowest BCUT2D eigenvalue weighted by Crippen LogP contribution is -2.59. The third kappa shape index (κ3) is 8.44. The molecule has 0 aromatic heterocycles. The molecular formula is C48H70O15Si2. The summed E-state index contributed by atoms with van der Waals surface area (Å²) in [5, 5.41) is -0.239. The number of epoxide rings is 1. The van der Waals surface area contributed by atoms with E-state index in [1.165, 1.54) is 28.4 Å². The fourth-order valence-electron chi connectivity index (χ4n) is 9.79. The highest BCUT2D eigenvalue weighted by Crippen LogP contribution is 2.80. The second kappa shape index (κ2) is 19.1. The molecule has 17 heteroatoms. The highest BCUT2D eigenvalue weighted by molar-refractivity contribution is 6.74. The first-order valence-corrected chi connectivity index (χ1v) is 28.2. The summed E-state index contributed by atoms with van der Waals surface area (Å²) in [7, 11) is 1.23. The van der Waals surface area contributed by atoms with Crippen LogP contribution in [0.5, 0.6) is 11.5 Å². The molecule has 0 radical (unpaired) electrons. The van der Waals surface area contributed by atoms with Crippen LogP contribution in [0.15, 0.2) is 36.4 Å². The molecule has 7 atom stereocenters. The van der Waals surface area contributed by atoms with Crippen LogP contribution in [0.25, 0.3) is 0 Å². The molecule has 4 aliphatic rings. The van der Waals surface area contributed by atoms with Crippen LogP contribution in [0.3, 0.4) is 0 Å². The van der Waals surface area contributed by atoms with Crippen molar-refractivity contribution in [3.05, 3.63) is 58.7 Å². The molecule has 2 fully saturated rings. The Bertz CT molecular complexity index is 2110. The van der Waals surface area contributed by atoms with E-state index < -0.39 is 80.4 Å². The van der Waals surface area contributed by atoms with Gasteiger partial charge < -0.3 is 51.5 Å². The lowest BCUT2D eigenvalue weighted by atomic mass is 9.54. The van der Waals surface area contributed by atoms with Crippen molar-refractivity contribution in [2.45, 2.75) is 120 Å². The maximum absolute atomic E-state index is 16.3. The number of rotatable bonds is 23. The van der Waals surface area contributed by atoms with E-state index in [0.717, 1.165) is 0 Å². The van der Waals surface area contributed by atoms with Gasteiger partial charge in [-0.1, -0.05) is 65.8 Å². The van der Waals surface area contributed by atoms with E-state index in [-0.39, 0.29) is 103 Å². The van der Waals surface area contributed by atoms with Gasteiger partial charge in [0.2, 0.25) is 5.78 Å². The van der Waals surface area contributed by atoms with Gasteiger partial charge in [0.15, 0.2) is 58.8 Å². The molecule has 0 N–H and O–H groups in total. The van der Waals surface area contributed by atoms with Crippen molar-refractivity contribution in [1.29, 1.82) is 0 Å². The van der Waals surface area contributed by atoms with Gasteiger partial charge in [-0.3, -0.25) is 19.2 Å². The van der Waals surface area contributed by atoms with Crippen LogP contribution < -0.4 is 9.47 Å². The maximum atomic E-state index is 16.3. The Kier molecular flexibility index (Phi) is 15.0. The van der Waals surface area contributed by atoms with Crippen LogP contribution in [0.4, 0.5) is 0 Å². The number of hydrogen-bond acceptors (Lipinski definition) is 15. The molecule has 0 bridgehead atoms. The highest BCUT2D eigenvalue weighted by Gasteiger charge is 2.99. The molecule has 2 aromatic carbocycles. The zero-order valence-electron chi connectivity index (χ0n) is 40.8. The molecule has 360 valence electrons. The molecule has 15 nitrogen and oxygen atoms in total. The van der Waals surface area contributed by atoms with Crippen LogP contribution in [-0.2, 0) is 42.0 Å². The van der Waals surface area contributed by atoms with Gasteiger partial charge in [-0.05, 0) is 67.7 Å². The van der Waals surface area contributed by atoms with Crippen LogP contribution in [0.2, 0.25) is 36.3 Å². The van der Waals surface area contributed by atoms with Gasteiger partial charge in [0, 0.05) is 64.6 Å². The Morgan fingerprint density at radius 3 is 1.65 bits per heavy atom. The second-order valence-electron chi connectivity index (χ2n) is 20.6. The Balaban J connectivity index is 1.64. The fraction of sp³-hybridized carbons (Fsp3) is 0.667. The third-order valence-corrected chi connectivity index (χ3v) is 24.0. The van der Waals surface area contributed by atoms with Crippen LogP contribution in [0.1, 0.15) is 102 Å². The van der Waals surface area contributed by atoms with Crippen molar-refractivity contribution in [3.8, 4) is 11.5 Å². The molecule has 0 amide bonds. The van der Waals surface area contributed by atoms with E-state index in [1.54, 1.807) is 36.4 Å². The van der Waals surface area contributed by atoms with E-state index in [4.69, 9.17) is 51.5 Å². The first-order valence-electron chi connectivity index (χ1n) is 22.4. The number of ketones is 4. The van der Waals surface area contributed by atoms with Gasteiger partial charge >= 0.3 is 0 Å². The van der Waals surface area contributed by atoms with Gasteiger partial charge in [-0.25, -0.2) is 0 Å². The summed E-state index contributed by atoms with van der Waals surface area (Å²) in [4.78, 5) is 64.2. The first kappa shape index (κ1) is 51.2. The predicted octanol–water partition coefficient (Wildman–Crippen LogP) is 8.04. The quantitative estimate of drug-likeness (QED) is 0.0595. The summed E-state index contributed by atoms with van der Waals surface area (Å²) in [6.45, 7) is 21.0. The van der Waals surface area contributed by atoms with Gasteiger partial charge in [0.25, 0.3) is 0 Å². The van der Waals surface area contributed by atoms with Crippen molar-refractivity contribution in [2.24, 2.45) is 17.3 Å². The molecule has 3 aliphatic carbocycles. The van der Waals surface area contributed by atoms with Gasteiger partial charge in [-0.15, -0.1) is 0 Å². The normalized spacial score (nSPS) is 25.9. The van der Waals surface area contributed by atoms with Crippen molar-refractivity contribution in [1.82, 2.24) is 0 Å². The van der Waals surface area contributed by atoms with E-state index >= 15 is 19.2 Å². The average Bonchev–Trinajstić information content (AvgIpc) is 3.91. The molecule has 1 saturated carbocycles. The maximum Gasteiger partial charge on any atom is 0.203 e. The van der Waals surface area contributed by atoms with Gasteiger partial charge in [0.1, 0.15) is 25.1 Å². The third-order valence-electron chi connectivity index (χ3n) is 15.0. The van der Waals surface area contributed by atoms with Crippen molar-refractivity contribution in [2.75, 3.05) is 68.8 Å². The summed E-state index contributed by atoms with van der Waals surface area (Å²) in [6.07, 6.45) is -1.65. The topological polar surface area (TPSA) is 173 Å². The number of fused-ring (bicyclic) bond motifs is 3. The van der Waals surface area contributed by atoms with Crippen LogP contribution in [-0.4, -0.2) is 132 Å². The van der Waals surface area contributed by atoms with Crippen LogP contribution in [0, 0.1) is 17.3 Å². The van der Waals surface area contributed by atoms with Crippen molar-refractivity contribution >= 4 is 39.8 Å². The van der Waals surface area contributed by atoms with E-state index in [9.17, 15) is 0 Å². The molecule has 1 aliphatic heterocycles. The molecule has 6 rings (SSSR count). The molecule has 65 heavy (non-hydrogen) atoms. The molecule has 2 aromatic rings. The number of Topliss-reactive ketones (excluding diaryl/α,β-unsaturated/α-hetero) is 4. The number of ether oxygens (including phenoxy) is 9. The van der Waals surface area contributed by atoms with Crippen LogP contribution >= 0.6 is 0 Å². The zero-order chi connectivity index (χ0) is 48.0. The average molecular weight is 943 g/mol. The monoisotopic (exact) mass is 942 g/mol. The summed E-state index contributed by atoms with van der Waals surface area (Å²) in [5.74, 6) is -4.71. The highest BCUT2D eigenvalue weighted by atomic mass is 28.4. The number of carbonyl (C=O) groups is 4. The number of hydrogen-bond donors (Lipinski definition) is 0. The fourth-order valence-corrected chi connectivity index (χ4v) is 11.9. The minimum absolute atomic E-state index is 0.0196. The Morgan fingerprint density at radius 2 is 1.12 bits per heavy atom. The standard InChI is InChI=1S/C48H70O15Si2/c1-44(2,3)64(11,12)61-23-21-30(57-26-53-7)25-46-39(40(49)36-31(41(46)50)17-15-19-33(36)58-27-54-8)38(35(60-29-56-10)22-24-62-65(13,14)45(4,5)6)47-42(51)32-18-16-20-34(59-28-55-9)37(32)43(52)48(46,47)63-47/h15-20,30,35,38-39H,21-29H2,1-14H3/t30-,35-,38-,39+,46+,47-,48-/m1/s1. The summed E-state index contributed by atoms with van der Waals surface area (Å²) < 4.78 is 66.7. The second-order valence-corrected chi connectivity index (χ2v) is 30.2. The van der Waals surface area contributed by atoms with Crippen molar-refractivity contribution in [3.63, 3.8) is 0 Å². The van der Waals surface area contributed by atoms with E-state index in [2.05, 4.69) is 67.7 Å². The van der Waals surface area contributed by atoms with Gasteiger partial charge in [0.05, 0.1) is 28.7 Å². The number of carbonyl (C=O) groups excluding carboxylic acids is 4. The lowest BCUT2D eigenvalue weighted by Gasteiger charge is -2.46. The smallest absolute Gasteiger partial charge is 0.203 e. The lowest BCUT2D eigenvalue weighted by molar-refractivity contribution is -0.126. The summed E-state index contributed by atoms with van der Waals surface area (Å²) in [5.41, 5.74) is -6.31. The largest absolute Gasteiger partial charge is 0.467 e. The number of benzene rings is 2. The Labute approximate surface area is 386 Å². The molecule has 1 saturated heterocycles. The molecule has 0 unspecified atom stereocenters. The van der Waals surface area contributed by atoms with E-state index in [0.29, 0.717) is 0 Å². The minimum atomic E-state index is -2.34. The molecule has 0 spiro atoms. The predicted molar refractivity (Wildman–Crippen MR) is 245 cm³/mol. The SMILES string of the molecule is COCOc1cccc2c1C(=O)[C@@H]1[C@@H]([C@@H](CCO[Si](C)(C)C(C)(C)C)OCOC)[C@]34O[C@]3(C(=O)c3c(OCOC)cccc3C4=O)[C@]1(C[C@@H](CCO[Si](C)(C)C(C)(C)C)OCOC)C2=O. The molecular weight excluding hydrogens is 873 g/mol. The van der Waals surface area contributed by atoms with E-state index in [1.807, 2.05) is 0 Å². The first-order chi connectivity index (χ1) is 30.5.